The van der Waals surface area contributed by atoms with Crippen LogP contribution in [0.3, 0.4) is 0 Å². The van der Waals surface area contributed by atoms with Crippen LogP contribution in [-0.4, -0.2) is 16.8 Å². The van der Waals surface area contributed by atoms with E-state index in [4.69, 9.17) is 0 Å². The lowest BCUT2D eigenvalue weighted by molar-refractivity contribution is -0.110. The molecule has 2 amide bonds. The van der Waals surface area contributed by atoms with E-state index in [9.17, 15) is 9.59 Å². The molecule has 1 aliphatic heterocycles. The molecule has 0 bridgehead atoms. The number of carbonyl (C=O) groups is 2. The van der Waals surface area contributed by atoms with Crippen LogP contribution in [0.15, 0.2) is 89.5 Å². The van der Waals surface area contributed by atoms with Crippen molar-refractivity contribution in [1.29, 1.82) is 0 Å². The highest BCUT2D eigenvalue weighted by molar-refractivity contribution is 9.10. The molecule has 5 rings (SSSR count). The largest absolute Gasteiger partial charge is 0.362 e. The van der Waals surface area contributed by atoms with E-state index in [1.54, 1.807) is 12.1 Å². The van der Waals surface area contributed by atoms with Crippen LogP contribution in [0.5, 0.6) is 0 Å². The lowest BCUT2D eigenvalue weighted by atomic mass is 9.94. The van der Waals surface area contributed by atoms with Gasteiger partial charge in [0.1, 0.15) is 0 Å². The van der Waals surface area contributed by atoms with Gasteiger partial charge < -0.3 is 15.6 Å². The summed E-state index contributed by atoms with van der Waals surface area (Å²) in [6, 6.07) is 24.5. The summed E-state index contributed by atoms with van der Waals surface area (Å²) >= 11 is 3.40. The molecule has 6 heteroatoms. The third-order valence-corrected chi connectivity index (χ3v) is 5.76. The second kappa shape index (κ2) is 8.32. The van der Waals surface area contributed by atoms with Crippen LogP contribution in [0.25, 0.3) is 22.8 Å². The van der Waals surface area contributed by atoms with Gasteiger partial charge in [0.05, 0.1) is 5.57 Å². The highest BCUT2D eigenvalue weighted by atomic mass is 79.9. The van der Waals surface area contributed by atoms with Gasteiger partial charge in [0.15, 0.2) is 0 Å². The molecule has 2 heterocycles. The van der Waals surface area contributed by atoms with Crippen LogP contribution in [-0.2, 0) is 4.79 Å². The number of nitrogens with one attached hydrogen (secondary N) is 3. The summed E-state index contributed by atoms with van der Waals surface area (Å²) in [6.07, 6.45) is 3.67. The summed E-state index contributed by atoms with van der Waals surface area (Å²) in [6.45, 7) is 0. The van der Waals surface area contributed by atoms with E-state index in [0.29, 0.717) is 16.8 Å². The van der Waals surface area contributed by atoms with Crippen molar-refractivity contribution < 1.29 is 9.59 Å². The summed E-state index contributed by atoms with van der Waals surface area (Å²) in [4.78, 5) is 28.5. The average molecular weight is 484 g/mol. The van der Waals surface area contributed by atoms with Gasteiger partial charge in [-0.05, 0) is 65.7 Å². The summed E-state index contributed by atoms with van der Waals surface area (Å²) in [7, 11) is 0. The maximum absolute atomic E-state index is 12.7. The fourth-order valence-electron chi connectivity index (χ4n) is 3.82. The van der Waals surface area contributed by atoms with Crippen LogP contribution < -0.4 is 10.6 Å². The number of amides is 2. The van der Waals surface area contributed by atoms with Crippen molar-refractivity contribution in [3.63, 3.8) is 0 Å². The highest BCUT2D eigenvalue weighted by Crippen LogP contribution is 2.40. The Bertz CT molecular complexity index is 1370. The SMILES string of the molecule is O=C1Nc2cccc(-c3cccc(NC(=O)c4cccc(Br)c4)c3)c2/C1=C/c1ccc[nH]1. The van der Waals surface area contributed by atoms with E-state index in [2.05, 4.69) is 31.5 Å². The molecule has 1 aromatic heterocycles. The van der Waals surface area contributed by atoms with Gasteiger partial charge in [-0.1, -0.05) is 46.3 Å². The molecule has 0 aliphatic carbocycles. The molecular formula is C26H18BrN3O2. The number of aromatic nitrogens is 1. The maximum Gasteiger partial charge on any atom is 0.256 e. The minimum absolute atomic E-state index is 0.138. The Hall–Kier alpha value is -3.90. The van der Waals surface area contributed by atoms with Gasteiger partial charge in [-0.2, -0.15) is 0 Å². The van der Waals surface area contributed by atoms with E-state index >= 15 is 0 Å². The standard InChI is InChI=1S/C26H18BrN3O2/c27-18-7-1-6-17(13-18)25(31)29-20-8-2-5-16(14-20)21-10-3-11-23-24(21)22(26(32)30-23)15-19-9-4-12-28-19/h1-15,28H,(H,29,31)(H,30,32)/b22-15-. The van der Waals surface area contributed by atoms with E-state index in [1.165, 1.54) is 0 Å². The van der Waals surface area contributed by atoms with Crippen molar-refractivity contribution in [2.75, 3.05) is 10.6 Å². The van der Waals surface area contributed by atoms with E-state index in [1.807, 2.05) is 79.0 Å². The molecule has 0 radical (unpaired) electrons. The Morgan fingerprint density at radius 3 is 2.59 bits per heavy atom. The Balaban J connectivity index is 1.52. The quantitative estimate of drug-likeness (QED) is 0.302. The maximum atomic E-state index is 12.7. The number of aromatic amines is 1. The fraction of sp³-hybridized carbons (Fsp3) is 0. The van der Waals surface area contributed by atoms with Crippen molar-refractivity contribution in [2.45, 2.75) is 0 Å². The number of halogens is 1. The number of fused-ring (bicyclic) bond motifs is 1. The van der Waals surface area contributed by atoms with Gasteiger partial charge in [0, 0.05) is 38.9 Å². The summed E-state index contributed by atoms with van der Waals surface area (Å²) in [5.41, 5.74) is 6.14. The third kappa shape index (κ3) is 3.88. The monoisotopic (exact) mass is 483 g/mol. The van der Waals surface area contributed by atoms with Gasteiger partial charge in [-0.25, -0.2) is 0 Å². The molecule has 0 saturated heterocycles. The first-order chi connectivity index (χ1) is 15.6. The number of hydrogen-bond acceptors (Lipinski definition) is 2. The smallest absolute Gasteiger partial charge is 0.256 e. The van der Waals surface area contributed by atoms with Crippen LogP contribution in [0.2, 0.25) is 0 Å². The van der Waals surface area contributed by atoms with Crippen molar-refractivity contribution in [3.05, 3.63) is 106 Å². The van der Waals surface area contributed by atoms with Crippen LogP contribution >= 0.6 is 15.9 Å². The first kappa shape index (κ1) is 20.0. The molecule has 0 saturated carbocycles. The molecule has 0 fully saturated rings. The van der Waals surface area contributed by atoms with Crippen molar-refractivity contribution in [2.24, 2.45) is 0 Å². The van der Waals surface area contributed by atoms with E-state index in [-0.39, 0.29) is 11.8 Å². The zero-order valence-electron chi connectivity index (χ0n) is 16.9. The Labute approximate surface area is 193 Å². The Kier molecular flexibility index (Phi) is 5.21. The molecule has 32 heavy (non-hydrogen) atoms. The van der Waals surface area contributed by atoms with E-state index < -0.39 is 0 Å². The number of benzene rings is 3. The molecule has 5 nitrogen and oxygen atoms in total. The van der Waals surface area contributed by atoms with Crippen LogP contribution in [0, 0.1) is 0 Å². The third-order valence-electron chi connectivity index (χ3n) is 5.27. The van der Waals surface area contributed by atoms with Crippen molar-refractivity contribution in [3.8, 4) is 11.1 Å². The highest BCUT2D eigenvalue weighted by Gasteiger charge is 2.27. The first-order valence-electron chi connectivity index (χ1n) is 10.1. The molecule has 3 aromatic carbocycles. The molecule has 1 aliphatic rings. The van der Waals surface area contributed by atoms with Crippen molar-refractivity contribution in [1.82, 2.24) is 4.98 Å². The summed E-state index contributed by atoms with van der Waals surface area (Å²) in [5, 5.41) is 5.91. The molecule has 0 spiro atoms. The van der Waals surface area contributed by atoms with Gasteiger partial charge in [0.25, 0.3) is 11.8 Å². The topological polar surface area (TPSA) is 74.0 Å². The van der Waals surface area contributed by atoms with Gasteiger partial charge >= 0.3 is 0 Å². The van der Waals surface area contributed by atoms with Gasteiger partial charge in [0.2, 0.25) is 0 Å². The predicted octanol–water partition coefficient (Wildman–Crippen LogP) is 6.19. The zero-order valence-corrected chi connectivity index (χ0v) is 18.4. The lowest BCUT2D eigenvalue weighted by Crippen LogP contribution is -2.11. The number of rotatable bonds is 4. The van der Waals surface area contributed by atoms with Gasteiger partial charge in [-0.3, -0.25) is 9.59 Å². The zero-order chi connectivity index (χ0) is 22.1. The number of H-pyrrole nitrogens is 1. The molecule has 3 N–H and O–H groups in total. The molecular weight excluding hydrogens is 466 g/mol. The minimum atomic E-state index is -0.189. The Morgan fingerprint density at radius 2 is 1.78 bits per heavy atom. The second-order valence-corrected chi connectivity index (χ2v) is 8.33. The van der Waals surface area contributed by atoms with Crippen LogP contribution in [0.4, 0.5) is 11.4 Å². The fourth-order valence-corrected chi connectivity index (χ4v) is 4.21. The molecule has 0 unspecified atom stereocenters. The minimum Gasteiger partial charge on any atom is -0.362 e. The lowest BCUT2D eigenvalue weighted by Gasteiger charge is -2.11. The molecule has 156 valence electrons. The number of anilines is 2. The number of hydrogen-bond donors (Lipinski definition) is 3. The summed E-state index contributed by atoms with van der Waals surface area (Å²) < 4.78 is 0.845. The van der Waals surface area contributed by atoms with Crippen molar-refractivity contribution >= 4 is 50.8 Å². The van der Waals surface area contributed by atoms with E-state index in [0.717, 1.165) is 32.5 Å². The summed E-state index contributed by atoms with van der Waals surface area (Å²) in [5.74, 6) is -0.327. The number of carbonyl (C=O) groups excluding carboxylic acids is 2. The molecule has 4 aromatic rings. The predicted molar refractivity (Wildman–Crippen MR) is 131 cm³/mol. The second-order valence-electron chi connectivity index (χ2n) is 7.41. The van der Waals surface area contributed by atoms with Gasteiger partial charge in [-0.15, -0.1) is 0 Å². The normalized spacial score (nSPS) is 13.7. The molecule has 0 atom stereocenters. The Morgan fingerprint density at radius 1 is 0.938 bits per heavy atom. The average Bonchev–Trinajstić information content (AvgIpc) is 3.42. The van der Waals surface area contributed by atoms with Crippen LogP contribution in [0.1, 0.15) is 21.6 Å². The first-order valence-corrected chi connectivity index (χ1v) is 10.8.